The van der Waals surface area contributed by atoms with E-state index in [0.717, 1.165) is 21.7 Å². The van der Waals surface area contributed by atoms with Crippen LogP contribution >= 0.6 is 11.8 Å². The first kappa shape index (κ1) is 15.4. The van der Waals surface area contributed by atoms with Crippen molar-refractivity contribution in [1.29, 1.82) is 5.26 Å². The van der Waals surface area contributed by atoms with Crippen molar-refractivity contribution in [3.05, 3.63) is 53.6 Å². The fraction of sp³-hybridized carbons (Fsp3) is 0.0526. The van der Waals surface area contributed by atoms with Crippen LogP contribution in [0, 0.1) is 11.3 Å². The second kappa shape index (κ2) is 5.72. The Bertz CT molecular complexity index is 1060. The van der Waals surface area contributed by atoms with Crippen LogP contribution in [-0.2, 0) is 5.75 Å². The molecule has 2 heterocycles. The Hall–Kier alpha value is -3.17. The number of thioether (sulfide) groups is 1. The number of hydrogen-bond donors (Lipinski definition) is 3. The van der Waals surface area contributed by atoms with Crippen molar-refractivity contribution < 1.29 is 10.2 Å². The van der Waals surface area contributed by atoms with Gasteiger partial charge in [-0.3, -0.25) is 0 Å². The topological polar surface area (TPSA) is 103 Å². The van der Waals surface area contributed by atoms with Crippen LogP contribution in [0.15, 0.2) is 47.4 Å². The summed E-state index contributed by atoms with van der Waals surface area (Å²) >= 11 is 1.67. The van der Waals surface area contributed by atoms with Gasteiger partial charge in [-0.1, -0.05) is 24.3 Å². The van der Waals surface area contributed by atoms with Crippen LogP contribution in [0.4, 0.5) is 5.82 Å². The molecule has 0 unspecified atom stereocenters. The van der Waals surface area contributed by atoms with Gasteiger partial charge in [0, 0.05) is 21.8 Å². The van der Waals surface area contributed by atoms with Crippen LogP contribution < -0.4 is 5.73 Å². The van der Waals surface area contributed by atoms with E-state index in [1.54, 1.807) is 17.8 Å². The number of phenols is 2. The molecule has 6 heteroatoms. The molecule has 0 aliphatic carbocycles. The summed E-state index contributed by atoms with van der Waals surface area (Å²) in [4.78, 5) is 5.60. The average Bonchev–Trinajstić information content (AvgIpc) is 2.63. The van der Waals surface area contributed by atoms with Crippen LogP contribution in [0.2, 0.25) is 0 Å². The molecule has 1 aliphatic rings. The minimum Gasteiger partial charge on any atom is -0.504 e. The number of fused-ring (bicyclic) bond motifs is 3. The molecule has 1 aromatic heterocycles. The minimum atomic E-state index is -0.241. The number of anilines is 1. The first-order valence-electron chi connectivity index (χ1n) is 7.57. The SMILES string of the molecule is N#Cc1c(N)nc2c(c1-c1ccc(O)c(O)c1)CSc1ccccc1-2. The lowest BCUT2D eigenvalue weighted by Gasteiger charge is -2.23. The maximum absolute atomic E-state index is 9.87. The molecule has 1 aliphatic heterocycles. The van der Waals surface area contributed by atoms with Crippen molar-refractivity contribution in [3.8, 4) is 40.0 Å². The van der Waals surface area contributed by atoms with E-state index in [0.29, 0.717) is 16.9 Å². The lowest BCUT2D eigenvalue weighted by atomic mass is 9.92. The van der Waals surface area contributed by atoms with Crippen molar-refractivity contribution in [3.63, 3.8) is 0 Å². The lowest BCUT2D eigenvalue weighted by molar-refractivity contribution is 0.404. The Kier molecular flexibility index (Phi) is 3.52. The molecule has 5 nitrogen and oxygen atoms in total. The van der Waals surface area contributed by atoms with Gasteiger partial charge >= 0.3 is 0 Å². The molecular weight excluding hydrogens is 334 g/mol. The zero-order chi connectivity index (χ0) is 17.6. The maximum atomic E-state index is 9.87. The molecule has 0 fully saturated rings. The first-order chi connectivity index (χ1) is 12.1. The summed E-state index contributed by atoms with van der Waals surface area (Å²) in [5.74, 6) is 0.350. The van der Waals surface area contributed by atoms with Crippen molar-refractivity contribution in [1.82, 2.24) is 4.98 Å². The lowest BCUT2D eigenvalue weighted by Crippen LogP contribution is -2.07. The summed E-state index contributed by atoms with van der Waals surface area (Å²) in [5, 5.41) is 29.0. The number of aromatic nitrogens is 1. The number of nitrogens with zero attached hydrogens (tertiary/aromatic N) is 2. The number of nitrogens with two attached hydrogens (primary N) is 1. The Labute approximate surface area is 148 Å². The Morgan fingerprint density at radius 1 is 1.12 bits per heavy atom. The van der Waals surface area contributed by atoms with E-state index in [4.69, 9.17) is 5.73 Å². The van der Waals surface area contributed by atoms with Crippen LogP contribution in [0.25, 0.3) is 22.4 Å². The maximum Gasteiger partial charge on any atom is 0.158 e. The number of benzene rings is 2. The highest BCUT2D eigenvalue weighted by molar-refractivity contribution is 7.98. The summed E-state index contributed by atoms with van der Waals surface area (Å²) in [6, 6.07) is 14.6. The van der Waals surface area contributed by atoms with Gasteiger partial charge in [0.15, 0.2) is 11.5 Å². The van der Waals surface area contributed by atoms with Gasteiger partial charge in [-0.15, -0.1) is 11.8 Å². The van der Waals surface area contributed by atoms with Gasteiger partial charge in [0.25, 0.3) is 0 Å². The van der Waals surface area contributed by atoms with E-state index in [-0.39, 0.29) is 22.9 Å². The smallest absolute Gasteiger partial charge is 0.158 e. The van der Waals surface area contributed by atoms with Gasteiger partial charge in [-0.2, -0.15) is 5.26 Å². The molecule has 3 aromatic rings. The van der Waals surface area contributed by atoms with Crippen LogP contribution in [0.3, 0.4) is 0 Å². The molecule has 0 amide bonds. The molecule has 0 atom stereocenters. The van der Waals surface area contributed by atoms with Gasteiger partial charge in [-0.25, -0.2) is 4.98 Å². The molecule has 0 bridgehead atoms. The highest BCUT2D eigenvalue weighted by Crippen LogP contribution is 2.46. The van der Waals surface area contributed by atoms with E-state index in [1.165, 1.54) is 12.1 Å². The predicted molar refractivity (Wildman–Crippen MR) is 97.1 cm³/mol. The highest BCUT2D eigenvalue weighted by Gasteiger charge is 2.25. The minimum absolute atomic E-state index is 0.158. The number of aromatic hydroxyl groups is 2. The third kappa shape index (κ3) is 2.37. The zero-order valence-corrected chi connectivity index (χ0v) is 13.8. The van der Waals surface area contributed by atoms with E-state index in [2.05, 4.69) is 11.1 Å². The van der Waals surface area contributed by atoms with Gasteiger partial charge in [0.2, 0.25) is 0 Å². The largest absolute Gasteiger partial charge is 0.504 e. The van der Waals surface area contributed by atoms with Crippen molar-refractivity contribution in [2.24, 2.45) is 0 Å². The van der Waals surface area contributed by atoms with Gasteiger partial charge < -0.3 is 15.9 Å². The monoisotopic (exact) mass is 347 g/mol. The predicted octanol–water partition coefficient (Wildman–Crippen LogP) is 3.89. The van der Waals surface area contributed by atoms with E-state index < -0.39 is 0 Å². The number of hydrogen-bond acceptors (Lipinski definition) is 6. The summed E-state index contributed by atoms with van der Waals surface area (Å²) in [5.41, 5.74) is 10.3. The van der Waals surface area contributed by atoms with Gasteiger partial charge in [0.1, 0.15) is 17.5 Å². The molecule has 0 spiro atoms. The first-order valence-corrected chi connectivity index (χ1v) is 8.55. The van der Waals surface area contributed by atoms with Gasteiger partial charge in [-0.05, 0) is 29.3 Å². The summed E-state index contributed by atoms with van der Waals surface area (Å²) in [7, 11) is 0. The van der Waals surface area contributed by atoms with Crippen molar-refractivity contribution >= 4 is 17.6 Å². The van der Waals surface area contributed by atoms with Crippen LogP contribution in [-0.4, -0.2) is 15.2 Å². The normalized spacial score (nSPS) is 12.1. The number of rotatable bonds is 1. The standard InChI is InChI=1S/C19H13N3O2S/c20-8-12-17(10-5-6-14(23)15(24)7-10)13-9-25-16-4-2-1-3-11(16)18(13)22-19(12)21/h1-7,23-24H,9H2,(H2,21,22). The molecule has 25 heavy (non-hydrogen) atoms. The molecular formula is C19H13N3O2S. The summed E-state index contributed by atoms with van der Waals surface area (Å²) in [6.45, 7) is 0. The average molecular weight is 347 g/mol. The number of pyridine rings is 1. The van der Waals surface area contributed by atoms with Crippen molar-refractivity contribution in [2.45, 2.75) is 10.6 Å². The van der Waals surface area contributed by atoms with E-state index in [9.17, 15) is 15.5 Å². The van der Waals surface area contributed by atoms with E-state index in [1.807, 2.05) is 24.3 Å². The molecule has 0 saturated heterocycles. The summed E-state index contributed by atoms with van der Waals surface area (Å²) in [6.07, 6.45) is 0. The Balaban J connectivity index is 2.06. The molecule has 0 radical (unpaired) electrons. The quantitative estimate of drug-likeness (QED) is 0.577. The molecule has 122 valence electrons. The second-order valence-electron chi connectivity index (χ2n) is 5.67. The van der Waals surface area contributed by atoms with Crippen LogP contribution in [0.5, 0.6) is 11.5 Å². The number of nitrogen functional groups attached to an aromatic ring is 1. The third-order valence-electron chi connectivity index (χ3n) is 4.22. The third-order valence-corrected chi connectivity index (χ3v) is 5.32. The number of nitriles is 1. The van der Waals surface area contributed by atoms with Crippen molar-refractivity contribution in [2.75, 3.05) is 5.73 Å². The molecule has 4 rings (SSSR count). The van der Waals surface area contributed by atoms with Crippen LogP contribution in [0.1, 0.15) is 11.1 Å². The fourth-order valence-corrected chi connectivity index (χ4v) is 4.13. The Morgan fingerprint density at radius 3 is 2.68 bits per heavy atom. The molecule has 4 N–H and O–H groups in total. The zero-order valence-electron chi connectivity index (χ0n) is 13.0. The summed E-state index contributed by atoms with van der Waals surface area (Å²) < 4.78 is 0. The number of phenolic OH excluding ortho intramolecular Hbond substituents is 2. The highest BCUT2D eigenvalue weighted by atomic mass is 32.2. The molecule has 0 saturated carbocycles. The second-order valence-corrected chi connectivity index (χ2v) is 6.69. The molecule has 2 aromatic carbocycles. The van der Waals surface area contributed by atoms with Gasteiger partial charge in [0.05, 0.1) is 5.69 Å². The van der Waals surface area contributed by atoms with E-state index >= 15 is 0 Å². The fourth-order valence-electron chi connectivity index (χ4n) is 3.05. The Morgan fingerprint density at radius 2 is 1.92 bits per heavy atom.